The number of fused-ring (bicyclic) bond motifs is 1. The number of nitrogens with zero attached hydrogens (tertiary/aromatic N) is 6. The van der Waals surface area contributed by atoms with Crippen LogP contribution in [0, 0.1) is 11.3 Å². The molecule has 0 saturated carbocycles. The summed E-state index contributed by atoms with van der Waals surface area (Å²) in [6.45, 7) is 0. The number of pyridine rings is 1. The minimum atomic E-state index is -4.43. The number of halogens is 3. The average Bonchev–Trinajstić information content (AvgIpc) is 3.21. The molecule has 4 rings (SSSR count). The number of imidazole rings is 1. The number of amides is 1. The molecule has 0 saturated heterocycles. The van der Waals surface area contributed by atoms with E-state index in [-0.39, 0.29) is 5.69 Å². The van der Waals surface area contributed by atoms with E-state index in [0.717, 1.165) is 12.1 Å². The van der Waals surface area contributed by atoms with Gasteiger partial charge in [-0.15, -0.1) is 0 Å². The van der Waals surface area contributed by atoms with Crippen molar-refractivity contribution in [2.75, 3.05) is 11.9 Å². The van der Waals surface area contributed by atoms with Crippen LogP contribution in [0.25, 0.3) is 16.9 Å². The maximum atomic E-state index is 12.9. The van der Waals surface area contributed by atoms with Crippen molar-refractivity contribution >= 4 is 17.4 Å². The highest BCUT2D eigenvalue weighted by Gasteiger charge is 2.30. The van der Waals surface area contributed by atoms with Crippen LogP contribution >= 0.6 is 0 Å². The van der Waals surface area contributed by atoms with Crippen molar-refractivity contribution in [3.05, 3.63) is 78.0 Å². The molecule has 0 radical (unpaired) electrons. The maximum absolute atomic E-state index is 12.9. The van der Waals surface area contributed by atoms with E-state index >= 15 is 0 Å². The lowest BCUT2D eigenvalue weighted by atomic mass is 10.1. The molecular weight excluding hydrogens is 409 g/mol. The van der Waals surface area contributed by atoms with Crippen LogP contribution in [0.4, 0.5) is 19.0 Å². The molecule has 0 aliphatic carbocycles. The van der Waals surface area contributed by atoms with Crippen molar-refractivity contribution in [2.24, 2.45) is 0 Å². The monoisotopic (exact) mass is 422 g/mol. The van der Waals surface area contributed by atoms with Gasteiger partial charge in [-0.1, -0.05) is 12.1 Å². The first-order valence-electron chi connectivity index (χ1n) is 8.93. The van der Waals surface area contributed by atoms with Crippen molar-refractivity contribution in [1.82, 2.24) is 19.4 Å². The van der Waals surface area contributed by atoms with Crippen molar-refractivity contribution in [1.29, 1.82) is 5.26 Å². The number of hydrogen-bond acceptors (Lipinski definition) is 5. The standard InChI is InChI=1S/C21H13F3N6O/c1-29(18-7-2-13(8-25)9-27-18)20(31)16-12-30-17(10-28-19(30)11-26-16)14-3-5-15(6-4-14)21(22,23)24/h2-7,9-12H,1H3. The summed E-state index contributed by atoms with van der Waals surface area (Å²) < 4.78 is 40.1. The summed E-state index contributed by atoms with van der Waals surface area (Å²) in [5.74, 6) is -0.120. The summed E-state index contributed by atoms with van der Waals surface area (Å²) in [4.78, 5) is 26.6. The van der Waals surface area contributed by atoms with Gasteiger partial charge in [0.05, 0.1) is 29.2 Å². The number of carbonyl (C=O) groups excluding carboxylic acids is 1. The largest absolute Gasteiger partial charge is 0.416 e. The number of nitriles is 1. The van der Waals surface area contributed by atoms with E-state index in [9.17, 15) is 18.0 Å². The lowest BCUT2D eigenvalue weighted by molar-refractivity contribution is -0.137. The van der Waals surface area contributed by atoms with E-state index in [4.69, 9.17) is 5.26 Å². The third-order valence-corrected chi connectivity index (χ3v) is 4.65. The van der Waals surface area contributed by atoms with Crippen molar-refractivity contribution in [3.63, 3.8) is 0 Å². The van der Waals surface area contributed by atoms with Crippen molar-refractivity contribution in [2.45, 2.75) is 6.18 Å². The van der Waals surface area contributed by atoms with Gasteiger partial charge in [0.15, 0.2) is 5.65 Å². The molecule has 10 heteroatoms. The molecule has 0 unspecified atom stereocenters. The van der Waals surface area contributed by atoms with E-state index in [1.165, 1.54) is 48.9 Å². The predicted molar refractivity (Wildman–Crippen MR) is 105 cm³/mol. The Morgan fingerprint density at radius 3 is 2.39 bits per heavy atom. The molecule has 0 N–H and O–H groups in total. The van der Waals surface area contributed by atoms with Gasteiger partial charge in [0, 0.05) is 25.0 Å². The molecule has 1 amide bonds. The molecule has 0 aliphatic heterocycles. The van der Waals surface area contributed by atoms with E-state index < -0.39 is 17.6 Å². The quantitative estimate of drug-likeness (QED) is 0.499. The molecule has 31 heavy (non-hydrogen) atoms. The molecule has 0 atom stereocenters. The third kappa shape index (κ3) is 3.81. The Balaban J connectivity index is 1.67. The fraction of sp³-hybridized carbons (Fsp3) is 0.0952. The number of carbonyl (C=O) groups is 1. The summed E-state index contributed by atoms with van der Waals surface area (Å²) in [5, 5.41) is 8.86. The van der Waals surface area contributed by atoms with Crippen LogP contribution in [0.3, 0.4) is 0 Å². The minimum absolute atomic E-state index is 0.0901. The van der Waals surface area contributed by atoms with Gasteiger partial charge < -0.3 is 0 Å². The fourth-order valence-corrected chi connectivity index (χ4v) is 2.97. The highest BCUT2D eigenvalue weighted by atomic mass is 19.4. The summed E-state index contributed by atoms with van der Waals surface area (Å²) in [6, 6.07) is 9.72. The molecule has 4 aromatic rings. The van der Waals surface area contributed by atoms with Gasteiger partial charge in [0.2, 0.25) is 0 Å². The molecule has 7 nitrogen and oxygen atoms in total. The molecule has 0 bridgehead atoms. The van der Waals surface area contributed by atoms with Gasteiger partial charge in [-0.2, -0.15) is 18.4 Å². The van der Waals surface area contributed by atoms with Gasteiger partial charge in [-0.05, 0) is 24.3 Å². The van der Waals surface area contributed by atoms with Crippen LogP contribution in [-0.2, 0) is 6.18 Å². The average molecular weight is 422 g/mol. The lowest BCUT2D eigenvalue weighted by Gasteiger charge is -2.15. The number of aromatic nitrogens is 4. The smallest absolute Gasteiger partial charge is 0.296 e. The minimum Gasteiger partial charge on any atom is -0.296 e. The predicted octanol–water partition coefficient (Wildman–Crippen LogP) is 3.96. The Morgan fingerprint density at radius 1 is 1.03 bits per heavy atom. The van der Waals surface area contributed by atoms with Crippen molar-refractivity contribution in [3.8, 4) is 17.3 Å². The maximum Gasteiger partial charge on any atom is 0.416 e. The van der Waals surface area contributed by atoms with E-state index in [2.05, 4.69) is 15.0 Å². The van der Waals surface area contributed by atoms with Gasteiger partial charge in [-0.3, -0.25) is 14.1 Å². The van der Waals surface area contributed by atoms with Gasteiger partial charge >= 0.3 is 6.18 Å². The Kier molecular flexibility index (Phi) is 4.87. The summed E-state index contributed by atoms with van der Waals surface area (Å²) >= 11 is 0. The van der Waals surface area contributed by atoms with Crippen LogP contribution in [0.1, 0.15) is 21.6 Å². The number of alkyl halides is 3. The number of hydrogen-bond donors (Lipinski definition) is 0. The van der Waals surface area contributed by atoms with Crippen molar-refractivity contribution < 1.29 is 18.0 Å². The van der Waals surface area contributed by atoms with Gasteiger partial charge in [0.1, 0.15) is 17.6 Å². The zero-order valence-electron chi connectivity index (χ0n) is 16.0. The molecule has 1 aromatic carbocycles. The van der Waals surface area contributed by atoms with E-state index in [1.807, 2.05) is 6.07 Å². The first-order valence-corrected chi connectivity index (χ1v) is 8.93. The normalized spacial score (nSPS) is 11.3. The van der Waals surface area contributed by atoms with Crippen LogP contribution in [0.15, 0.2) is 61.2 Å². The summed E-state index contributed by atoms with van der Waals surface area (Å²) in [6.07, 6.45) is 1.30. The molecular formula is C21H13F3N6O. The van der Waals surface area contributed by atoms with Crippen LogP contribution in [0.5, 0.6) is 0 Å². The number of rotatable bonds is 3. The van der Waals surface area contributed by atoms with Crippen LogP contribution in [0.2, 0.25) is 0 Å². The van der Waals surface area contributed by atoms with Crippen LogP contribution in [-0.4, -0.2) is 32.3 Å². The lowest BCUT2D eigenvalue weighted by Crippen LogP contribution is -2.28. The highest BCUT2D eigenvalue weighted by Crippen LogP contribution is 2.31. The summed E-state index contributed by atoms with van der Waals surface area (Å²) in [7, 11) is 1.52. The van der Waals surface area contributed by atoms with E-state index in [1.54, 1.807) is 16.5 Å². The molecule has 0 aliphatic rings. The second-order valence-corrected chi connectivity index (χ2v) is 6.60. The number of benzene rings is 1. The first-order chi connectivity index (χ1) is 14.8. The molecule has 3 heterocycles. The number of anilines is 1. The zero-order valence-corrected chi connectivity index (χ0v) is 16.0. The third-order valence-electron chi connectivity index (χ3n) is 4.65. The summed E-state index contributed by atoms with van der Waals surface area (Å²) in [5.41, 5.74) is 1.16. The first kappa shape index (κ1) is 20.0. The Morgan fingerprint density at radius 2 is 1.77 bits per heavy atom. The van der Waals surface area contributed by atoms with E-state index in [0.29, 0.717) is 28.3 Å². The topological polar surface area (TPSA) is 87.2 Å². The molecule has 154 valence electrons. The SMILES string of the molecule is CN(C(=O)c1cn2c(-c3ccc(C(F)(F)F)cc3)cnc2cn1)c1ccc(C#N)cn1. The fourth-order valence-electron chi connectivity index (χ4n) is 2.97. The zero-order chi connectivity index (χ0) is 22.2. The molecule has 0 fully saturated rings. The second kappa shape index (κ2) is 7.53. The van der Waals surface area contributed by atoms with Gasteiger partial charge in [0.25, 0.3) is 5.91 Å². The highest BCUT2D eigenvalue weighted by molar-refractivity contribution is 6.03. The Labute approximate surface area is 174 Å². The molecule has 0 spiro atoms. The molecule has 3 aromatic heterocycles. The second-order valence-electron chi connectivity index (χ2n) is 6.60. The Bertz CT molecular complexity index is 1300. The Hall–Kier alpha value is -4.26. The van der Waals surface area contributed by atoms with Crippen LogP contribution < -0.4 is 4.90 Å². The van der Waals surface area contributed by atoms with Gasteiger partial charge in [-0.25, -0.2) is 15.0 Å².